The molecule has 2 N–H and O–H groups in total. The predicted molar refractivity (Wildman–Crippen MR) is 123 cm³/mol. The van der Waals surface area contributed by atoms with Gasteiger partial charge in [-0.15, -0.1) is 0 Å². The number of carbonyl (C=O) groups is 3. The van der Waals surface area contributed by atoms with Crippen molar-refractivity contribution in [2.24, 2.45) is 0 Å². The Morgan fingerprint density at radius 1 is 1.18 bits per heavy atom. The summed E-state index contributed by atoms with van der Waals surface area (Å²) >= 11 is 10.9. The molecule has 0 spiro atoms. The van der Waals surface area contributed by atoms with Gasteiger partial charge in [0.1, 0.15) is 22.9 Å². The number of halogens is 2. The van der Waals surface area contributed by atoms with Gasteiger partial charge in [-0.25, -0.2) is 9.18 Å². The molecule has 1 aromatic heterocycles. The second-order valence-corrected chi connectivity index (χ2v) is 7.89. The number of carboxylic acids is 1. The summed E-state index contributed by atoms with van der Waals surface area (Å²) in [4.78, 5) is 37.8. The number of nitrogens with one attached hydrogen (secondary N) is 1. The summed E-state index contributed by atoms with van der Waals surface area (Å²) in [6.45, 7) is 1.80. The molecule has 4 rings (SSSR count). The zero-order valence-electron chi connectivity index (χ0n) is 16.9. The molecule has 0 radical (unpaired) electrons. The van der Waals surface area contributed by atoms with Gasteiger partial charge in [0, 0.05) is 5.56 Å². The van der Waals surface area contributed by atoms with E-state index >= 15 is 0 Å². The Morgan fingerprint density at radius 3 is 2.64 bits per heavy atom. The van der Waals surface area contributed by atoms with E-state index in [1.807, 2.05) is 0 Å². The van der Waals surface area contributed by atoms with E-state index < -0.39 is 23.6 Å². The van der Waals surface area contributed by atoms with E-state index in [-0.39, 0.29) is 32.7 Å². The molecule has 1 saturated heterocycles. The van der Waals surface area contributed by atoms with Crippen LogP contribution in [0.4, 0.5) is 10.1 Å². The molecule has 2 amide bonds. The van der Waals surface area contributed by atoms with Crippen LogP contribution in [-0.2, 0) is 9.59 Å². The van der Waals surface area contributed by atoms with E-state index in [0.717, 1.165) is 16.5 Å². The molecular weight excluding hydrogens is 471 g/mol. The lowest BCUT2D eigenvalue weighted by Gasteiger charge is -2.28. The fourth-order valence-electron chi connectivity index (χ4n) is 3.25. The number of anilines is 1. The van der Waals surface area contributed by atoms with Gasteiger partial charge >= 0.3 is 5.97 Å². The van der Waals surface area contributed by atoms with Gasteiger partial charge in [-0.2, -0.15) is 0 Å². The first-order chi connectivity index (χ1) is 15.7. The summed E-state index contributed by atoms with van der Waals surface area (Å²) in [6, 6.07) is 11.4. The highest BCUT2D eigenvalue weighted by atomic mass is 35.5. The van der Waals surface area contributed by atoms with Crippen molar-refractivity contribution >= 4 is 58.5 Å². The van der Waals surface area contributed by atoms with Crippen molar-refractivity contribution in [2.75, 3.05) is 4.90 Å². The Hall–Kier alpha value is -3.82. The third kappa shape index (κ3) is 4.28. The van der Waals surface area contributed by atoms with Crippen molar-refractivity contribution < 1.29 is 28.3 Å². The average molecular weight is 485 g/mol. The van der Waals surface area contributed by atoms with Gasteiger partial charge in [0.15, 0.2) is 5.11 Å². The van der Waals surface area contributed by atoms with Crippen molar-refractivity contribution in [2.45, 2.75) is 6.92 Å². The molecule has 33 heavy (non-hydrogen) atoms. The van der Waals surface area contributed by atoms with Crippen molar-refractivity contribution in [1.29, 1.82) is 0 Å². The summed E-state index contributed by atoms with van der Waals surface area (Å²) < 4.78 is 19.3. The number of benzene rings is 2. The molecule has 0 atom stereocenters. The number of aromatic carboxylic acids is 1. The fraction of sp³-hybridized carbons (Fsp3) is 0.0435. The Bertz CT molecular complexity index is 1380. The number of nitrogens with zero attached hydrogens (tertiary/aromatic N) is 1. The maximum absolute atomic E-state index is 13.5. The van der Waals surface area contributed by atoms with Crippen LogP contribution in [0, 0.1) is 12.7 Å². The standard InChI is InChI=1S/C23H14ClFN2O5S/c1-11-2-3-12(22(30)31)8-15(11)19-7-5-14(32-19)10-16-20(28)26-23(33)27(21(16)29)13-4-6-18(25)17(24)9-13/h2-10H,1H3,(H,30,31)(H,26,28,33)/b16-10+. The second-order valence-electron chi connectivity index (χ2n) is 7.09. The number of furan rings is 1. The highest BCUT2D eigenvalue weighted by Crippen LogP contribution is 2.29. The lowest BCUT2D eigenvalue weighted by molar-refractivity contribution is -0.122. The monoisotopic (exact) mass is 484 g/mol. The number of aryl methyl sites for hydroxylation is 1. The highest BCUT2D eigenvalue weighted by molar-refractivity contribution is 7.80. The predicted octanol–water partition coefficient (Wildman–Crippen LogP) is 4.58. The van der Waals surface area contributed by atoms with Crippen LogP contribution in [0.2, 0.25) is 5.02 Å². The third-order valence-corrected chi connectivity index (χ3v) is 5.50. The number of hydrogen-bond acceptors (Lipinski definition) is 5. The first kappa shape index (κ1) is 22.4. The van der Waals surface area contributed by atoms with Gasteiger partial charge < -0.3 is 9.52 Å². The minimum absolute atomic E-state index is 0.0934. The minimum Gasteiger partial charge on any atom is -0.478 e. The second kappa shape index (κ2) is 8.61. The number of thiocarbonyl (C=S) groups is 1. The molecule has 10 heteroatoms. The van der Waals surface area contributed by atoms with Crippen LogP contribution in [0.1, 0.15) is 21.7 Å². The molecule has 1 aliphatic rings. The third-order valence-electron chi connectivity index (χ3n) is 4.93. The summed E-state index contributed by atoms with van der Waals surface area (Å²) in [7, 11) is 0. The maximum atomic E-state index is 13.5. The number of carboxylic acid groups (broad SMARTS) is 1. The van der Waals surface area contributed by atoms with Crippen LogP contribution in [0.5, 0.6) is 0 Å². The Labute approximate surface area is 197 Å². The quantitative estimate of drug-likeness (QED) is 0.319. The molecule has 7 nitrogen and oxygen atoms in total. The van der Waals surface area contributed by atoms with Crippen LogP contribution < -0.4 is 10.2 Å². The first-order valence-corrected chi connectivity index (χ1v) is 10.2. The molecule has 3 aromatic rings. The summed E-state index contributed by atoms with van der Waals surface area (Å²) in [5.41, 5.74) is 1.35. The van der Waals surface area contributed by atoms with E-state index in [1.54, 1.807) is 25.1 Å². The van der Waals surface area contributed by atoms with E-state index in [1.165, 1.54) is 30.3 Å². The fourth-order valence-corrected chi connectivity index (χ4v) is 3.71. The van der Waals surface area contributed by atoms with Gasteiger partial charge in [0.05, 0.1) is 16.3 Å². The number of rotatable bonds is 4. The van der Waals surface area contributed by atoms with Crippen LogP contribution in [-0.4, -0.2) is 28.0 Å². The SMILES string of the molecule is Cc1ccc(C(=O)O)cc1-c1ccc(/C=C2\C(=O)NC(=S)N(c3ccc(F)c(Cl)c3)C2=O)o1. The van der Waals surface area contributed by atoms with Gasteiger partial charge in [0.25, 0.3) is 11.8 Å². The lowest BCUT2D eigenvalue weighted by atomic mass is 10.0. The smallest absolute Gasteiger partial charge is 0.335 e. The van der Waals surface area contributed by atoms with Crippen molar-refractivity contribution in [3.05, 3.63) is 81.8 Å². The Balaban J connectivity index is 1.70. The number of amides is 2. The summed E-state index contributed by atoms with van der Waals surface area (Å²) in [5.74, 6) is -2.66. The van der Waals surface area contributed by atoms with Gasteiger partial charge in [-0.05, 0) is 73.2 Å². The Morgan fingerprint density at radius 2 is 1.94 bits per heavy atom. The van der Waals surface area contributed by atoms with E-state index in [9.17, 15) is 23.9 Å². The zero-order valence-corrected chi connectivity index (χ0v) is 18.5. The minimum atomic E-state index is -1.08. The number of hydrogen-bond donors (Lipinski definition) is 2. The first-order valence-electron chi connectivity index (χ1n) is 9.46. The normalized spacial score (nSPS) is 15.2. The van der Waals surface area contributed by atoms with E-state index in [2.05, 4.69) is 5.32 Å². The highest BCUT2D eigenvalue weighted by Gasteiger charge is 2.35. The van der Waals surface area contributed by atoms with Crippen molar-refractivity contribution in [3.63, 3.8) is 0 Å². The molecule has 2 heterocycles. The van der Waals surface area contributed by atoms with Gasteiger partial charge in [0.2, 0.25) is 0 Å². The molecule has 0 bridgehead atoms. The van der Waals surface area contributed by atoms with Crippen LogP contribution in [0.3, 0.4) is 0 Å². The molecule has 166 valence electrons. The van der Waals surface area contributed by atoms with Crippen LogP contribution in [0.15, 0.2) is 58.5 Å². The van der Waals surface area contributed by atoms with Gasteiger partial charge in [-0.1, -0.05) is 17.7 Å². The van der Waals surface area contributed by atoms with Gasteiger partial charge in [-0.3, -0.25) is 19.8 Å². The largest absolute Gasteiger partial charge is 0.478 e. The Kier molecular flexibility index (Phi) is 5.84. The maximum Gasteiger partial charge on any atom is 0.335 e. The van der Waals surface area contributed by atoms with Crippen molar-refractivity contribution in [3.8, 4) is 11.3 Å². The zero-order chi connectivity index (χ0) is 23.9. The topological polar surface area (TPSA) is 99.8 Å². The molecular formula is C23H14ClFN2O5S. The summed E-state index contributed by atoms with van der Waals surface area (Å²) in [6.07, 6.45) is 1.25. The van der Waals surface area contributed by atoms with Crippen LogP contribution in [0.25, 0.3) is 17.4 Å². The molecule has 0 unspecified atom stereocenters. The molecule has 0 saturated carbocycles. The molecule has 0 aliphatic carbocycles. The lowest BCUT2D eigenvalue weighted by Crippen LogP contribution is -2.54. The molecule has 1 fully saturated rings. The average Bonchev–Trinajstić information content (AvgIpc) is 3.22. The van der Waals surface area contributed by atoms with E-state index in [4.69, 9.17) is 28.2 Å². The van der Waals surface area contributed by atoms with E-state index in [0.29, 0.717) is 11.3 Å². The number of carbonyl (C=O) groups excluding carboxylic acids is 2. The van der Waals surface area contributed by atoms with Crippen molar-refractivity contribution in [1.82, 2.24) is 5.32 Å². The molecule has 1 aliphatic heterocycles. The summed E-state index contributed by atoms with van der Waals surface area (Å²) in [5, 5.41) is 11.3. The molecule has 2 aromatic carbocycles. The van der Waals surface area contributed by atoms with Crippen LogP contribution >= 0.6 is 23.8 Å².